The van der Waals surface area contributed by atoms with Crippen molar-refractivity contribution < 1.29 is 17.6 Å². The molecule has 1 aliphatic rings. The molecule has 2 aromatic rings. The van der Waals surface area contributed by atoms with E-state index in [9.17, 15) is 17.6 Å². The van der Waals surface area contributed by atoms with Crippen LogP contribution in [-0.4, -0.2) is 32.3 Å². The lowest BCUT2D eigenvalue weighted by molar-refractivity contribution is -0.131. The van der Waals surface area contributed by atoms with Crippen LogP contribution in [0.15, 0.2) is 53.4 Å². The quantitative estimate of drug-likeness (QED) is 0.788. The van der Waals surface area contributed by atoms with Crippen LogP contribution in [0.4, 0.5) is 10.1 Å². The van der Waals surface area contributed by atoms with E-state index in [1.54, 1.807) is 29.2 Å². The molecule has 1 saturated carbocycles. The first kappa shape index (κ1) is 19.4. The standard InChI is InChI=1S/C20H23FN2O3S/c1-14(16-5-6-16)23(2)20(24)13-15-3-9-18(10-4-15)22-27(25,26)19-11-7-17(21)8-12-19/h3-4,7-12,14,16,22H,5-6,13H2,1-2H3. The van der Waals surface area contributed by atoms with E-state index in [0.29, 0.717) is 11.6 Å². The number of hydrogen-bond acceptors (Lipinski definition) is 3. The second kappa shape index (κ2) is 7.68. The van der Waals surface area contributed by atoms with E-state index < -0.39 is 15.8 Å². The highest BCUT2D eigenvalue weighted by atomic mass is 32.2. The van der Waals surface area contributed by atoms with Crippen LogP contribution in [0, 0.1) is 11.7 Å². The third-order valence-electron chi connectivity index (χ3n) is 4.99. The van der Waals surface area contributed by atoms with E-state index in [4.69, 9.17) is 0 Å². The van der Waals surface area contributed by atoms with Crippen LogP contribution >= 0.6 is 0 Å². The predicted molar refractivity (Wildman–Crippen MR) is 102 cm³/mol. The minimum atomic E-state index is -3.79. The Morgan fingerprint density at radius 2 is 1.74 bits per heavy atom. The van der Waals surface area contributed by atoms with Gasteiger partial charge in [-0.3, -0.25) is 9.52 Å². The fourth-order valence-electron chi connectivity index (χ4n) is 2.94. The number of halogens is 1. The summed E-state index contributed by atoms with van der Waals surface area (Å²) in [6.45, 7) is 2.07. The Bertz CT molecular complexity index is 907. The van der Waals surface area contributed by atoms with Gasteiger partial charge in [0, 0.05) is 18.8 Å². The maximum Gasteiger partial charge on any atom is 0.261 e. The Balaban J connectivity index is 1.63. The molecule has 2 aromatic carbocycles. The molecule has 1 aliphatic carbocycles. The van der Waals surface area contributed by atoms with Gasteiger partial charge in [0.05, 0.1) is 11.3 Å². The Labute approximate surface area is 159 Å². The molecule has 5 nitrogen and oxygen atoms in total. The topological polar surface area (TPSA) is 66.5 Å². The number of amides is 1. The molecule has 144 valence electrons. The average Bonchev–Trinajstić information content (AvgIpc) is 3.47. The molecule has 0 heterocycles. The van der Waals surface area contributed by atoms with Crippen LogP contribution in [0.5, 0.6) is 0 Å². The Kier molecular flexibility index (Phi) is 5.51. The normalized spacial score (nSPS) is 15.2. The Hall–Kier alpha value is -2.41. The molecule has 1 fully saturated rings. The molecule has 0 aromatic heterocycles. The highest BCUT2D eigenvalue weighted by molar-refractivity contribution is 7.92. The minimum Gasteiger partial charge on any atom is -0.342 e. The summed E-state index contributed by atoms with van der Waals surface area (Å²) >= 11 is 0. The van der Waals surface area contributed by atoms with E-state index >= 15 is 0 Å². The van der Waals surface area contributed by atoms with E-state index in [1.807, 2.05) is 7.05 Å². The summed E-state index contributed by atoms with van der Waals surface area (Å²) < 4.78 is 40.0. The van der Waals surface area contributed by atoms with Gasteiger partial charge in [0.15, 0.2) is 0 Å². The third-order valence-corrected chi connectivity index (χ3v) is 6.39. The Morgan fingerprint density at radius 3 is 2.30 bits per heavy atom. The number of hydrogen-bond donors (Lipinski definition) is 1. The van der Waals surface area contributed by atoms with Crippen molar-refractivity contribution in [1.29, 1.82) is 0 Å². The number of carbonyl (C=O) groups excluding carboxylic acids is 1. The molecule has 0 saturated heterocycles. The van der Waals surface area contributed by atoms with Crippen molar-refractivity contribution in [2.45, 2.75) is 37.1 Å². The van der Waals surface area contributed by atoms with Crippen LogP contribution < -0.4 is 4.72 Å². The number of carbonyl (C=O) groups is 1. The number of nitrogens with one attached hydrogen (secondary N) is 1. The summed E-state index contributed by atoms with van der Waals surface area (Å²) in [5, 5.41) is 0. The van der Waals surface area contributed by atoms with Gasteiger partial charge in [-0.1, -0.05) is 12.1 Å². The number of benzene rings is 2. The summed E-state index contributed by atoms with van der Waals surface area (Å²) in [4.78, 5) is 14.2. The number of sulfonamides is 1. The summed E-state index contributed by atoms with van der Waals surface area (Å²) in [5.74, 6) is 0.167. The highest BCUT2D eigenvalue weighted by Gasteiger charge is 2.32. The largest absolute Gasteiger partial charge is 0.342 e. The highest BCUT2D eigenvalue weighted by Crippen LogP contribution is 2.34. The van der Waals surface area contributed by atoms with Gasteiger partial charge in [-0.25, -0.2) is 12.8 Å². The van der Waals surface area contributed by atoms with Crippen LogP contribution in [0.25, 0.3) is 0 Å². The lowest BCUT2D eigenvalue weighted by Gasteiger charge is -2.25. The molecule has 0 bridgehead atoms. The Morgan fingerprint density at radius 1 is 1.15 bits per heavy atom. The molecular formula is C20H23FN2O3S. The molecule has 0 spiro atoms. The van der Waals surface area contributed by atoms with Crippen molar-refractivity contribution in [3.8, 4) is 0 Å². The van der Waals surface area contributed by atoms with Crippen LogP contribution in [0.2, 0.25) is 0 Å². The summed E-state index contributed by atoms with van der Waals surface area (Å²) in [7, 11) is -1.96. The van der Waals surface area contributed by atoms with Crippen LogP contribution in [-0.2, 0) is 21.2 Å². The van der Waals surface area contributed by atoms with Crippen molar-refractivity contribution in [3.05, 3.63) is 59.9 Å². The second-order valence-electron chi connectivity index (χ2n) is 7.02. The van der Waals surface area contributed by atoms with E-state index in [0.717, 1.165) is 17.7 Å². The van der Waals surface area contributed by atoms with Crippen molar-refractivity contribution in [2.75, 3.05) is 11.8 Å². The van der Waals surface area contributed by atoms with Gasteiger partial charge in [0.1, 0.15) is 5.82 Å². The molecule has 3 rings (SSSR count). The summed E-state index contributed by atoms with van der Waals surface area (Å²) in [6, 6.07) is 11.6. The van der Waals surface area contributed by atoms with Gasteiger partial charge in [-0.2, -0.15) is 0 Å². The maximum atomic E-state index is 13.0. The molecule has 1 unspecified atom stereocenters. The van der Waals surface area contributed by atoms with Crippen molar-refractivity contribution in [3.63, 3.8) is 0 Å². The van der Waals surface area contributed by atoms with Crippen molar-refractivity contribution in [2.24, 2.45) is 5.92 Å². The first-order valence-electron chi connectivity index (χ1n) is 8.89. The molecule has 0 aliphatic heterocycles. The van der Waals surface area contributed by atoms with E-state index in [-0.39, 0.29) is 23.3 Å². The minimum absolute atomic E-state index is 0.0150. The van der Waals surface area contributed by atoms with Gasteiger partial charge in [-0.05, 0) is 67.6 Å². The predicted octanol–water partition coefficient (Wildman–Crippen LogP) is 3.43. The summed E-state index contributed by atoms with van der Waals surface area (Å²) in [6.07, 6.45) is 2.64. The second-order valence-corrected chi connectivity index (χ2v) is 8.70. The smallest absolute Gasteiger partial charge is 0.261 e. The van der Waals surface area contributed by atoms with Gasteiger partial charge < -0.3 is 4.90 Å². The van der Waals surface area contributed by atoms with Gasteiger partial charge in [0.2, 0.25) is 5.91 Å². The van der Waals surface area contributed by atoms with Crippen molar-refractivity contribution >= 4 is 21.6 Å². The number of rotatable bonds is 7. The van der Waals surface area contributed by atoms with Gasteiger partial charge in [0.25, 0.3) is 10.0 Å². The first-order valence-corrected chi connectivity index (χ1v) is 10.4. The lowest BCUT2D eigenvalue weighted by Crippen LogP contribution is -2.37. The van der Waals surface area contributed by atoms with E-state index in [2.05, 4.69) is 11.6 Å². The zero-order chi connectivity index (χ0) is 19.6. The molecule has 1 amide bonds. The molecule has 0 radical (unpaired) electrons. The first-order chi connectivity index (χ1) is 12.8. The number of likely N-dealkylation sites (N-methyl/N-ethyl adjacent to an activating group) is 1. The third kappa shape index (κ3) is 4.86. The fraction of sp³-hybridized carbons (Fsp3) is 0.350. The number of anilines is 1. The van der Waals surface area contributed by atoms with Gasteiger partial charge in [-0.15, -0.1) is 0 Å². The van der Waals surface area contributed by atoms with Crippen LogP contribution in [0.3, 0.4) is 0 Å². The summed E-state index contributed by atoms with van der Waals surface area (Å²) in [5.41, 5.74) is 1.20. The van der Waals surface area contributed by atoms with Gasteiger partial charge >= 0.3 is 0 Å². The maximum absolute atomic E-state index is 13.0. The SMILES string of the molecule is CC(C1CC1)N(C)C(=O)Cc1ccc(NS(=O)(=O)c2ccc(F)cc2)cc1. The number of nitrogens with zero attached hydrogens (tertiary/aromatic N) is 1. The van der Waals surface area contributed by atoms with Crippen molar-refractivity contribution in [1.82, 2.24) is 4.90 Å². The molecule has 1 N–H and O–H groups in total. The monoisotopic (exact) mass is 390 g/mol. The fourth-order valence-corrected chi connectivity index (χ4v) is 4.00. The van der Waals surface area contributed by atoms with E-state index in [1.165, 1.54) is 25.0 Å². The molecule has 1 atom stereocenters. The average molecular weight is 390 g/mol. The lowest BCUT2D eigenvalue weighted by atomic mass is 10.1. The molecule has 27 heavy (non-hydrogen) atoms. The molecule has 7 heteroatoms. The molecular weight excluding hydrogens is 367 g/mol. The zero-order valence-electron chi connectivity index (χ0n) is 15.4. The zero-order valence-corrected chi connectivity index (χ0v) is 16.2. The van der Waals surface area contributed by atoms with Crippen LogP contribution in [0.1, 0.15) is 25.3 Å².